The van der Waals surface area contributed by atoms with Gasteiger partial charge in [0, 0.05) is 18.6 Å². The van der Waals surface area contributed by atoms with Crippen molar-refractivity contribution in [1.82, 2.24) is 4.90 Å². The number of β-amino-alcohol motifs (C(OH)–C–C–N with tert-alkyl or cyclic N) is 1. The van der Waals surface area contributed by atoms with Crippen LogP contribution in [0, 0.1) is 11.8 Å². The molecule has 0 bridgehead atoms. The number of aliphatic hydroxyl groups excluding tert-OH is 1. The van der Waals surface area contributed by atoms with Gasteiger partial charge in [-0.2, -0.15) is 0 Å². The average molecular weight is 185 g/mol. The second kappa shape index (κ2) is 3.58. The highest BCUT2D eigenvalue weighted by atomic mass is 16.3. The molecule has 0 amide bonds. The van der Waals surface area contributed by atoms with Crippen LogP contribution in [-0.4, -0.2) is 34.7 Å². The summed E-state index contributed by atoms with van der Waals surface area (Å²) in [5, 5.41) is 9.84. The maximum absolute atomic E-state index is 9.84. The van der Waals surface area contributed by atoms with E-state index in [9.17, 15) is 5.11 Å². The Morgan fingerprint density at radius 1 is 1.15 bits per heavy atom. The SMILES string of the molecule is C[C@@H]1[C@@H](C)CN(C(C)(C)C)C[C@@H]1O. The third-order valence-electron chi connectivity index (χ3n) is 3.37. The lowest BCUT2D eigenvalue weighted by Crippen LogP contribution is -2.54. The highest BCUT2D eigenvalue weighted by molar-refractivity contribution is 4.88. The zero-order valence-electron chi connectivity index (χ0n) is 9.54. The molecule has 0 aromatic carbocycles. The van der Waals surface area contributed by atoms with Gasteiger partial charge in [0.25, 0.3) is 0 Å². The minimum Gasteiger partial charge on any atom is -0.392 e. The molecule has 2 nitrogen and oxygen atoms in total. The summed E-state index contributed by atoms with van der Waals surface area (Å²) < 4.78 is 0. The quantitative estimate of drug-likeness (QED) is 0.621. The van der Waals surface area contributed by atoms with E-state index >= 15 is 0 Å². The van der Waals surface area contributed by atoms with Crippen LogP contribution >= 0.6 is 0 Å². The number of hydrogen-bond acceptors (Lipinski definition) is 2. The maximum atomic E-state index is 9.84. The van der Waals surface area contributed by atoms with Gasteiger partial charge in [-0.05, 0) is 32.6 Å². The topological polar surface area (TPSA) is 23.5 Å². The number of rotatable bonds is 0. The largest absolute Gasteiger partial charge is 0.392 e. The van der Waals surface area contributed by atoms with Crippen LogP contribution in [0.25, 0.3) is 0 Å². The van der Waals surface area contributed by atoms with Crippen molar-refractivity contribution in [3.63, 3.8) is 0 Å². The zero-order valence-corrected chi connectivity index (χ0v) is 9.54. The lowest BCUT2D eigenvalue weighted by Gasteiger charge is -2.45. The molecule has 1 aliphatic rings. The molecule has 1 N–H and O–H groups in total. The van der Waals surface area contributed by atoms with Crippen LogP contribution in [0.3, 0.4) is 0 Å². The summed E-state index contributed by atoms with van der Waals surface area (Å²) >= 11 is 0. The van der Waals surface area contributed by atoms with Crippen molar-refractivity contribution < 1.29 is 5.11 Å². The van der Waals surface area contributed by atoms with Crippen molar-refractivity contribution in [3.05, 3.63) is 0 Å². The lowest BCUT2D eigenvalue weighted by molar-refractivity contribution is -0.0365. The normalized spacial score (nSPS) is 37.8. The summed E-state index contributed by atoms with van der Waals surface area (Å²) in [6, 6.07) is 0. The summed E-state index contributed by atoms with van der Waals surface area (Å²) in [6.07, 6.45) is -0.150. The molecule has 0 spiro atoms. The van der Waals surface area contributed by atoms with Crippen LogP contribution in [0.15, 0.2) is 0 Å². The molecule has 1 heterocycles. The molecule has 0 saturated carbocycles. The Labute approximate surface area is 81.9 Å². The van der Waals surface area contributed by atoms with Crippen LogP contribution in [0.5, 0.6) is 0 Å². The van der Waals surface area contributed by atoms with E-state index < -0.39 is 0 Å². The van der Waals surface area contributed by atoms with E-state index in [0.717, 1.165) is 13.1 Å². The molecule has 0 aliphatic carbocycles. The highest BCUT2D eigenvalue weighted by Crippen LogP contribution is 2.27. The highest BCUT2D eigenvalue weighted by Gasteiger charge is 2.34. The summed E-state index contributed by atoms with van der Waals surface area (Å²) in [5.74, 6) is 1.04. The average Bonchev–Trinajstić information content (AvgIpc) is 1.97. The van der Waals surface area contributed by atoms with Gasteiger partial charge in [0.2, 0.25) is 0 Å². The molecule has 1 fully saturated rings. The third-order valence-corrected chi connectivity index (χ3v) is 3.37. The Hall–Kier alpha value is -0.0800. The van der Waals surface area contributed by atoms with Crippen LogP contribution in [0.2, 0.25) is 0 Å². The van der Waals surface area contributed by atoms with E-state index in [1.807, 2.05) is 0 Å². The number of hydrogen-bond donors (Lipinski definition) is 1. The van der Waals surface area contributed by atoms with Gasteiger partial charge in [0.15, 0.2) is 0 Å². The molecule has 2 heteroatoms. The predicted octanol–water partition coefficient (Wildman–Crippen LogP) is 1.73. The van der Waals surface area contributed by atoms with Crippen LogP contribution < -0.4 is 0 Å². The molecule has 3 atom stereocenters. The first-order chi connectivity index (χ1) is 5.82. The van der Waals surface area contributed by atoms with Crippen molar-refractivity contribution in [2.75, 3.05) is 13.1 Å². The first kappa shape index (κ1) is 11.0. The van der Waals surface area contributed by atoms with Gasteiger partial charge >= 0.3 is 0 Å². The summed E-state index contributed by atoms with van der Waals surface area (Å²) in [6.45, 7) is 12.9. The Balaban J connectivity index is 2.64. The second-order valence-corrected chi connectivity index (χ2v) is 5.48. The molecule has 0 aromatic rings. The van der Waals surface area contributed by atoms with Crippen LogP contribution in [0.1, 0.15) is 34.6 Å². The number of piperidine rings is 1. The molecular formula is C11H23NO. The van der Waals surface area contributed by atoms with Gasteiger partial charge in [-0.1, -0.05) is 13.8 Å². The van der Waals surface area contributed by atoms with Crippen LogP contribution in [0.4, 0.5) is 0 Å². The van der Waals surface area contributed by atoms with E-state index in [2.05, 4.69) is 39.5 Å². The Bertz CT molecular complexity index is 161. The summed E-state index contributed by atoms with van der Waals surface area (Å²) in [4.78, 5) is 2.38. The van der Waals surface area contributed by atoms with Crippen molar-refractivity contribution in [3.8, 4) is 0 Å². The minimum atomic E-state index is -0.150. The molecule has 78 valence electrons. The van der Waals surface area contributed by atoms with Crippen molar-refractivity contribution >= 4 is 0 Å². The molecular weight excluding hydrogens is 162 g/mol. The van der Waals surface area contributed by atoms with E-state index in [1.54, 1.807) is 0 Å². The van der Waals surface area contributed by atoms with Gasteiger partial charge in [0.05, 0.1) is 6.10 Å². The molecule has 0 radical (unpaired) electrons. The van der Waals surface area contributed by atoms with Crippen LogP contribution in [-0.2, 0) is 0 Å². The molecule has 0 unspecified atom stereocenters. The van der Waals surface area contributed by atoms with E-state index in [0.29, 0.717) is 11.8 Å². The van der Waals surface area contributed by atoms with Gasteiger partial charge in [-0.25, -0.2) is 0 Å². The van der Waals surface area contributed by atoms with E-state index in [-0.39, 0.29) is 11.6 Å². The first-order valence-electron chi connectivity index (χ1n) is 5.25. The Kier molecular flexibility index (Phi) is 3.03. The van der Waals surface area contributed by atoms with Crippen molar-refractivity contribution in [2.45, 2.75) is 46.3 Å². The molecule has 1 aliphatic heterocycles. The summed E-state index contributed by atoms with van der Waals surface area (Å²) in [7, 11) is 0. The Morgan fingerprint density at radius 3 is 2.08 bits per heavy atom. The van der Waals surface area contributed by atoms with Gasteiger partial charge in [-0.15, -0.1) is 0 Å². The van der Waals surface area contributed by atoms with Crippen molar-refractivity contribution in [2.24, 2.45) is 11.8 Å². The molecule has 1 rings (SSSR count). The number of aliphatic hydroxyl groups is 1. The molecule has 13 heavy (non-hydrogen) atoms. The first-order valence-corrected chi connectivity index (χ1v) is 5.25. The standard InChI is InChI=1S/C11H23NO/c1-8-6-12(11(3,4)5)7-10(13)9(8)2/h8-10,13H,6-7H2,1-5H3/t8-,9+,10-/m0/s1. The lowest BCUT2D eigenvalue weighted by atomic mass is 9.84. The predicted molar refractivity (Wildman–Crippen MR) is 55.7 cm³/mol. The third kappa shape index (κ3) is 2.44. The second-order valence-electron chi connectivity index (χ2n) is 5.48. The fraction of sp³-hybridized carbons (Fsp3) is 1.00. The number of likely N-dealkylation sites (tertiary alicyclic amines) is 1. The maximum Gasteiger partial charge on any atom is 0.0695 e. The number of nitrogens with zero attached hydrogens (tertiary/aromatic N) is 1. The van der Waals surface area contributed by atoms with E-state index in [4.69, 9.17) is 0 Å². The van der Waals surface area contributed by atoms with Crippen molar-refractivity contribution in [1.29, 1.82) is 0 Å². The molecule has 1 saturated heterocycles. The monoisotopic (exact) mass is 185 g/mol. The van der Waals surface area contributed by atoms with E-state index in [1.165, 1.54) is 0 Å². The Morgan fingerprint density at radius 2 is 1.69 bits per heavy atom. The van der Waals surface area contributed by atoms with Gasteiger partial charge in [0.1, 0.15) is 0 Å². The van der Waals surface area contributed by atoms with Gasteiger partial charge in [-0.3, -0.25) is 4.90 Å². The van der Waals surface area contributed by atoms with Gasteiger partial charge < -0.3 is 5.11 Å². The minimum absolute atomic E-state index is 0.150. The zero-order chi connectivity index (χ0) is 10.2. The fourth-order valence-corrected chi connectivity index (χ4v) is 1.91. The smallest absolute Gasteiger partial charge is 0.0695 e. The fourth-order valence-electron chi connectivity index (χ4n) is 1.91. The summed E-state index contributed by atoms with van der Waals surface area (Å²) in [5.41, 5.74) is 0.190. The molecule has 0 aromatic heterocycles.